The fraction of sp³-hybridized carbons (Fsp3) is 0.300. The summed E-state index contributed by atoms with van der Waals surface area (Å²) in [5.41, 5.74) is 0.926. The minimum atomic E-state index is -0.994. The lowest BCUT2D eigenvalue weighted by Crippen LogP contribution is -2.30. The number of carbonyl (C=O) groups is 1. The van der Waals surface area contributed by atoms with Crippen LogP contribution in [0.1, 0.15) is 18.0 Å². The highest BCUT2D eigenvalue weighted by molar-refractivity contribution is 14.1. The van der Waals surface area contributed by atoms with E-state index in [9.17, 15) is 4.79 Å². The van der Waals surface area contributed by atoms with Crippen molar-refractivity contribution < 1.29 is 14.6 Å². The molecular formula is C10H10INO3. The Morgan fingerprint density at radius 3 is 3.13 bits per heavy atom. The summed E-state index contributed by atoms with van der Waals surface area (Å²) in [5.74, 6) is 0.778. The fourth-order valence-corrected chi connectivity index (χ4v) is 2.18. The molecular weight excluding hydrogens is 309 g/mol. The summed E-state index contributed by atoms with van der Waals surface area (Å²) in [6.07, 6.45) is -0.314. The first kappa shape index (κ1) is 10.5. The zero-order chi connectivity index (χ0) is 10.8. The van der Waals surface area contributed by atoms with Gasteiger partial charge in [0, 0.05) is 15.6 Å². The second-order valence-corrected chi connectivity index (χ2v) is 4.57. The largest absolute Gasteiger partial charge is 0.493 e. The molecule has 1 aliphatic rings. The molecule has 80 valence electrons. The second kappa shape index (κ2) is 4.26. The highest BCUT2D eigenvalue weighted by atomic mass is 127. The van der Waals surface area contributed by atoms with Crippen molar-refractivity contribution in [3.05, 3.63) is 27.3 Å². The number of amides is 1. The van der Waals surface area contributed by atoms with Gasteiger partial charge < -0.3 is 15.2 Å². The molecule has 0 fully saturated rings. The second-order valence-electron chi connectivity index (χ2n) is 3.32. The van der Waals surface area contributed by atoms with Gasteiger partial charge in [-0.1, -0.05) is 0 Å². The number of carboxylic acid groups (broad SMARTS) is 1. The lowest BCUT2D eigenvalue weighted by atomic mass is 10.0. The molecule has 1 heterocycles. The number of ether oxygens (including phenoxy) is 1. The SMILES string of the molecule is O=C(O)N[C@H]1CCOc2ccc(I)cc21. The molecule has 0 bridgehead atoms. The summed E-state index contributed by atoms with van der Waals surface area (Å²) < 4.78 is 6.53. The van der Waals surface area contributed by atoms with Crippen LogP contribution in [0.3, 0.4) is 0 Å². The highest BCUT2D eigenvalue weighted by Crippen LogP contribution is 2.32. The van der Waals surface area contributed by atoms with Crippen LogP contribution in [0.25, 0.3) is 0 Å². The summed E-state index contributed by atoms with van der Waals surface area (Å²) in [7, 11) is 0. The van der Waals surface area contributed by atoms with Crippen molar-refractivity contribution in [2.24, 2.45) is 0 Å². The van der Waals surface area contributed by atoms with Crippen LogP contribution in [-0.2, 0) is 0 Å². The topological polar surface area (TPSA) is 58.6 Å². The molecule has 0 spiro atoms. The minimum absolute atomic E-state index is 0.152. The van der Waals surface area contributed by atoms with E-state index in [1.165, 1.54) is 0 Å². The molecule has 2 N–H and O–H groups in total. The van der Waals surface area contributed by atoms with E-state index < -0.39 is 6.09 Å². The molecule has 1 aromatic carbocycles. The first-order valence-corrected chi connectivity index (χ1v) is 5.66. The molecule has 0 saturated carbocycles. The van der Waals surface area contributed by atoms with Crippen molar-refractivity contribution >= 4 is 28.7 Å². The first-order chi connectivity index (χ1) is 7.16. The smallest absolute Gasteiger partial charge is 0.405 e. The summed E-state index contributed by atoms with van der Waals surface area (Å²) >= 11 is 2.20. The van der Waals surface area contributed by atoms with Crippen LogP contribution in [0.2, 0.25) is 0 Å². The molecule has 4 nitrogen and oxygen atoms in total. The molecule has 1 amide bonds. The Labute approximate surface area is 101 Å². The lowest BCUT2D eigenvalue weighted by molar-refractivity contribution is 0.182. The zero-order valence-electron chi connectivity index (χ0n) is 7.87. The average molecular weight is 319 g/mol. The third-order valence-corrected chi connectivity index (χ3v) is 2.98. The van der Waals surface area contributed by atoms with E-state index in [4.69, 9.17) is 9.84 Å². The van der Waals surface area contributed by atoms with Crippen molar-refractivity contribution in [3.8, 4) is 5.75 Å². The van der Waals surface area contributed by atoms with Gasteiger partial charge in [0.1, 0.15) is 5.75 Å². The van der Waals surface area contributed by atoms with Crippen LogP contribution in [0.4, 0.5) is 4.79 Å². The molecule has 0 unspecified atom stereocenters. The average Bonchev–Trinajstić information content (AvgIpc) is 2.18. The van der Waals surface area contributed by atoms with E-state index in [1.54, 1.807) is 0 Å². The van der Waals surface area contributed by atoms with Crippen molar-refractivity contribution in [1.82, 2.24) is 5.32 Å². The summed E-state index contributed by atoms with van der Waals surface area (Å²) in [5, 5.41) is 11.2. The fourth-order valence-electron chi connectivity index (χ4n) is 1.66. The maximum atomic E-state index is 10.6. The third kappa shape index (κ3) is 2.34. The van der Waals surface area contributed by atoms with Gasteiger partial charge in [-0.05, 0) is 40.8 Å². The van der Waals surface area contributed by atoms with E-state index >= 15 is 0 Å². The van der Waals surface area contributed by atoms with Crippen LogP contribution >= 0.6 is 22.6 Å². The Morgan fingerprint density at radius 1 is 1.60 bits per heavy atom. The molecule has 2 rings (SSSR count). The van der Waals surface area contributed by atoms with E-state index in [2.05, 4.69) is 27.9 Å². The van der Waals surface area contributed by atoms with Crippen LogP contribution in [0, 0.1) is 3.57 Å². The van der Waals surface area contributed by atoms with Gasteiger partial charge in [0.2, 0.25) is 0 Å². The number of nitrogens with one attached hydrogen (secondary N) is 1. The Balaban J connectivity index is 2.32. The number of rotatable bonds is 1. The van der Waals surface area contributed by atoms with E-state index in [-0.39, 0.29) is 6.04 Å². The predicted octanol–water partition coefficient (Wildman–Crippen LogP) is 2.38. The number of fused-ring (bicyclic) bond motifs is 1. The van der Waals surface area contributed by atoms with Crippen LogP contribution < -0.4 is 10.1 Å². The Hall–Kier alpha value is -0.980. The number of hydrogen-bond donors (Lipinski definition) is 2. The lowest BCUT2D eigenvalue weighted by Gasteiger charge is -2.25. The molecule has 0 radical (unpaired) electrons. The highest BCUT2D eigenvalue weighted by Gasteiger charge is 2.22. The Morgan fingerprint density at radius 2 is 2.40 bits per heavy atom. The van der Waals surface area contributed by atoms with Crippen LogP contribution in [0.5, 0.6) is 5.75 Å². The molecule has 0 saturated heterocycles. The van der Waals surface area contributed by atoms with E-state index in [0.29, 0.717) is 13.0 Å². The van der Waals surface area contributed by atoms with Crippen molar-refractivity contribution in [2.45, 2.75) is 12.5 Å². The molecule has 5 heteroatoms. The standard InChI is InChI=1S/C10H10INO3/c11-6-1-2-9-7(5-6)8(3-4-15-9)12-10(13)14/h1-2,5,8,12H,3-4H2,(H,13,14)/t8-/m0/s1. The third-order valence-electron chi connectivity index (χ3n) is 2.31. The molecule has 1 aliphatic heterocycles. The monoisotopic (exact) mass is 319 g/mol. The van der Waals surface area contributed by atoms with Crippen molar-refractivity contribution in [3.63, 3.8) is 0 Å². The van der Waals surface area contributed by atoms with Crippen LogP contribution in [0.15, 0.2) is 18.2 Å². The Kier molecular flexibility index (Phi) is 2.99. The molecule has 0 aliphatic carbocycles. The number of hydrogen-bond acceptors (Lipinski definition) is 2. The van der Waals surface area contributed by atoms with Gasteiger partial charge >= 0.3 is 6.09 Å². The maximum Gasteiger partial charge on any atom is 0.405 e. The van der Waals surface area contributed by atoms with Crippen LogP contribution in [-0.4, -0.2) is 17.8 Å². The summed E-state index contributed by atoms with van der Waals surface area (Å²) in [6.45, 7) is 0.554. The summed E-state index contributed by atoms with van der Waals surface area (Å²) in [4.78, 5) is 10.6. The molecule has 1 aromatic rings. The van der Waals surface area contributed by atoms with Gasteiger partial charge in [-0.25, -0.2) is 4.79 Å². The molecule has 1 atom stereocenters. The molecule has 0 aromatic heterocycles. The quantitative estimate of drug-likeness (QED) is 0.782. The van der Waals surface area contributed by atoms with Crippen molar-refractivity contribution in [1.29, 1.82) is 0 Å². The first-order valence-electron chi connectivity index (χ1n) is 4.58. The van der Waals surface area contributed by atoms with Gasteiger partial charge in [0.05, 0.1) is 12.6 Å². The van der Waals surface area contributed by atoms with E-state index in [1.807, 2.05) is 18.2 Å². The number of benzene rings is 1. The maximum absolute atomic E-state index is 10.6. The van der Waals surface area contributed by atoms with Gasteiger partial charge in [-0.3, -0.25) is 0 Å². The normalized spacial score (nSPS) is 18.9. The molecule has 15 heavy (non-hydrogen) atoms. The van der Waals surface area contributed by atoms with Gasteiger partial charge in [-0.2, -0.15) is 0 Å². The van der Waals surface area contributed by atoms with Gasteiger partial charge in [-0.15, -0.1) is 0 Å². The van der Waals surface area contributed by atoms with Gasteiger partial charge in [0.15, 0.2) is 0 Å². The summed E-state index contributed by atoms with van der Waals surface area (Å²) in [6, 6.07) is 5.63. The van der Waals surface area contributed by atoms with Crippen molar-refractivity contribution in [2.75, 3.05) is 6.61 Å². The van der Waals surface area contributed by atoms with E-state index in [0.717, 1.165) is 14.9 Å². The predicted molar refractivity (Wildman–Crippen MR) is 63.2 cm³/mol. The Bertz CT molecular complexity index is 394. The minimum Gasteiger partial charge on any atom is -0.493 e. The number of halogens is 1. The van der Waals surface area contributed by atoms with Gasteiger partial charge in [0.25, 0.3) is 0 Å². The zero-order valence-corrected chi connectivity index (χ0v) is 10.0.